The number of hydrogen-bond donors (Lipinski definition) is 0. The number of carbonyl (C=O) groups is 2. The Hall–Kier alpha value is -3.45. The summed E-state index contributed by atoms with van der Waals surface area (Å²) in [5.74, 6) is -0.118. The van der Waals surface area contributed by atoms with E-state index in [-0.39, 0.29) is 24.5 Å². The summed E-state index contributed by atoms with van der Waals surface area (Å²) in [4.78, 5) is 37.7. The molecule has 0 bridgehead atoms. The number of ketones is 1. The van der Waals surface area contributed by atoms with Gasteiger partial charge in [0.15, 0.2) is 5.78 Å². The van der Waals surface area contributed by atoms with Crippen LogP contribution in [0.1, 0.15) is 22.8 Å². The van der Waals surface area contributed by atoms with Gasteiger partial charge in [0.1, 0.15) is 10.4 Å². The van der Waals surface area contributed by atoms with Crippen molar-refractivity contribution in [2.75, 3.05) is 13.7 Å². The summed E-state index contributed by atoms with van der Waals surface area (Å²) in [6.45, 7) is 1.75. The van der Waals surface area contributed by atoms with Crippen molar-refractivity contribution >= 4 is 35.2 Å². The van der Waals surface area contributed by atoms with E-state index in [4.69, 9.17) is 9.47 Å². The fourth-order valence-electron chi connectivity index (χ4n) is 2.82. The van der Waals surface area contributed by atoms with Gasteiger partial charge in [-0.3, -0.25) is 14.2 Å². The molecule has 0 atom stereocenters. The number of carbonyl (C=O) groups excluding carboxylic acids is 2. The monoisotopic (exact) mass is 423 g/mol. The molecule has 0 N–H and O–H groups in total. The average Bonchev–Trinajstić information content (AvgIpc) is 3.03. The van der Waals surface area contributed by atoms with Crippen molar-refractivity contribution in [2.45, 2.75) is 13.5 Å². The first-order valence-corrected chi connectivity index (χ1v) is 10.2. The van der Waals surface area contributed by atoms with Gasteiger partial charge >= 0.3 is 5.97 Å². The van der Waals surface area contributed by atoms with Crippen LogP contribution >= 0.6 is 11.3 Å². The van der Waals surface area contributed by atoms with E-state index in [9.17, 15) is 14.4 Å². The van der Waals surface area contributed by atoms with Gasteiger partial charge in [-0.2, -0.15) is 0 Å². The molecule has 0 unspecified atom stereocenters. The molecule has 3 aromatic rings. The van der Waals surface area contributed by atoms with Crippen molar-refractivity contribution in [1.82, 2.24) is 4.57 Å². The average molecular weight is 423 g/mol. The predicted octanol–water partition coefficient (Wildman–Crippen LogP) is 1.97. The fraction of sp³-hybridized carbons (Fsp3) is 0.174. The Morgan fingerprint density at radius 2 is 1.87 bits per heavy atom. The highest BCUT2D eigenvalue weighted by atomic mass is 32.1. The summed E-state index contributed by atoms with van der Waals surface area (Å²) in [6.07, 6.45) is 2.96. The topological polar surface area (TPSA) is 74.6 Å². The summed E-state index contributed by atoms with van der Waals surface area (Å²) in [7, 11) is 1.57. The van der Waals surface area contributed by atoms with Gasteiger partial charge < -0.3 is 9.47 Å². The lowest BCUT2D eigenvalue weighted by molar-refractivity contribution is -0.135. The van der Waals surface area contributed by atoms with Crippen LogP contribution in [0, 0.1) is 0 Å². The van der Waals surface area contributed by atoms with E-state index in [2.05, 4.69) is 0 Å². The molecule has 2 aromatic carbocycles. The van der Waals surface area contributed by atoms with Crippen molar-refractivity contribution in [3.8, 4) is 5.75 Å². The Kier molecular flexibility index (Phi) is 6.98. The maximum Gasteiger partial charge on any atom is 0.333 e. The SMILES string of the molecule is CCOC(=O)/C=c1/s/c(=C\c2cccc(OC)c2)c(=O)n1CC(=O)c1ccccc1. The maximum atomic E-state index is 13.0. The van der Waals surface area contributed by atoms with Crippen molar-refractivity contribution in [2.24, 2.45) is 0 Å². The third-order valence-electron chi connectivity index (χ3n) is 4.25. The molecule has 6 nitrogen and oxygen atoms in total. The number of rotatable bonds is 7. The Morgan fingerprint density at radius 1 is 1.10 bits per heavy atom. The zero-order valence-corrected chi connectivity index (χ0v) is 17.5. The Labute approximate surface area is 177 Å². The van der Waals surface area contributed by atoms with Crippen LogP contribution < -0.4 is 19.5 Å². The van der Waals surface area contributed by atoms with E-state index in [1.165, 1.54) is 10.6 Å². The van der Waals surface area contributed by atoms with Gasteiger partial charge in [0.2, 0.25) is 0 Å². The normalized spacial score (nSPS) is 12.1. The fourth-order valence-corrected chi connectivity index (χ4v) is 3.85. The summed E-state index contributed by atoms with van der Waals surface area (Å²) in [5.41, 5.74) is 0.926. The number of esters is 1. The molecule has 1 heterocycles. The van der Waals surface area contributed by atoms with Crippen molar-refractivity contribution < 1.29 is 19.1 Å². The van der Waals surface area contributed by atoms with Gasteiger partial charge in [-0.15, -0.1) is 11.3 Å². The third kappa shape index (κ3) is 5.12. The highest BCUT2D eigenvalue weighted by Gasteiger charge is 2.12. The van der Waals surface area contributed by atoms with Crippen LogP contribution in [0.15, 0.2) is 59.4 Å². The highest BCUT2D eigenvalue weighted by Crippen LogP contribution is 2.12. The lowest BCUT2D eigenvalue weighted by atomic mass is 10.1. The Balaban J connectivity index is 2.10. The standard InChI is InChI=1S/C23H21NO5S/c1-3-29-22(26)14-21-24(15-19(25)17-9-5-4-6-10-17)23(27)20(30-21)13-16-8-7-11-18(12-16)28-2/h4-14H,3,15H2,1-2H3/b20-13-,21-14+. The van der Waals surface area contributed by atoms with E-state index < -0.39 is 5.97 Å². The molecule has 0 aliphatic carbocycles. The van der Waals surface area contributed by atoms with Crippen LogP contribution in [0.2, 0.25) is 0 Å². The number of aromatic nitrogens is 1. The van der Waals surface area contributed by atoms with E-state index in [1.807, 2.05) is 24.3 Å². The van der Waals surface area contributed by atoms with Crippen LogP contribution in [-0.4, -0.2) is 30.0 Å². The number of Topliss-reactive ketones (excluding diaryl/α,β-unsaturated/α-hetero) is 1. The number of hydrogen-bond acceptors (Lipinski definition) is 6. The minimum absolute atomic E-state index is 0.170. The molecule has 0 aliphatic heterocycles. The second-order valence-corrected chi connectivity index (χ2v) is 7.36. The molecular weight excluding hydrogens is 402 g/mol. The second kappa shape index (κ2) is 9.84. The third-order valence-corrected chi connectivity index (χ3v) is 5.31. The van der Waals surface area contributed by atoms with Crippen LogP contribution in [0.5, 0.6) is 5.75 Å². The van der Waals surface area contributed by atoms with E-state index in [0.717, 1.165) is 16.9 Å². The molecule has 7 heteroatoms. The molecule has 3 rings (SSSR count). The first-order valence-electron chi connectivity index (χ1n) is 9.34. The highest BCUT2D eigenvalue weighted by molar-refractivity contribution is 7.07. The second-order valence-electron chi connectivity index (χ2n) is 6.30. The number of ether oxygens (including phenoxy) is 2. The van der Waals surface area contributed by atoms with Crippen molar-refractivity contribution in [3.63, 3.8) is 0 Å². The van der Waals surface area contributed by atoms with E-state index in [1.54, 1.807) is 50.4 Å². The zero-order chi connectivity index (χ0) is 21.5. The minimum Gasteiger partial charge on any atom is -0.497 e. The summed E-state index contributed by atoms with van der Waals surface area (Å²) >= 11 is 1.13. The van der Waals surface area contributed by atoms with Gasteiger partial charge in [0, 0.05) is 5.56 Å². The first kappa shape index (κ1) is 21.3. The molecule has 0 radical (unpaired) electrons. The number of thiazole rings is 1. The Bertz CT molecular complexity index is 1220. The molecule has 0 fully saturated rings. The summed E-state index contributed by atoms with van der Waals surface area (Å²) in [6, 6.07) is 16.0. The Morgan fingerprint density at radius 3 is 2.57 bits per heavy atom. The quantitative estimate of drug-likeness (QED) is 0.429. The minimum atomic E-state index is -0.562. The van der Waals surface area contributed by atoms with Crippen molar-refractivity contribution in [3.05, 3.63) is 85.3 Å². The lowest BCUT2D eigenvalue weighted by Gasteiger charge is -2.02. The number of benzene rings is 2. The van der Waals surface area contributed by atoms with Gasteiger partial charge in [-0.25, -0.2) is 4.79 Å². The predicted molar refractivity (Wildman–Crippen MR) is 116 cm³/mol. The van der Waals surface area contributed by atoms with Gasteiger partial charge in [0.05, 0.1) is 30.9 Å². The smallest absolute Gasteiger partial charge is 0.333 e. The number of methoxy groups -OCH3 is 1. The van der Waals surface area contributed by atoms with Crippen LogP contribution in [0.25, 0.3) is 12.2 Å². The molecule has 0 amide bonds. The molecule has 0 spiro atoms. The molecular formula is C23H21NO5S. The maximum absolute atomic E-state index is 13.0. The summed E-state index contributed by atoms with van der Waals surface area (Å²) < 4.78 is 12.3. The van der Waals surface area contributed by atoms with E-state index >= 15 is 0 Å². The molecule has 0 saturated carbocycles. The summed E-state index contributed by atoms with van der Waals surface area (Å²) in [5, 5.41) is 0. The first-order chi connectivity index (χ1) is 14.5. The van der Waals surface area contributed by atoms with Crippen LogP contribution in [0.3, 0.4) is 0 Å². The van der Waals surface area contributed by atoms with Crippen molar-refractivity contribution in [1.29, 1.82) is 0 Å². The number of nitrogens with zero attached hydrogens (tertiary/aromatic N) is 1. The van der Waals surface area contributed by atoms with Gasteiger partial charge in [-0.05, 0) is 30.7 Å². The molecule has 1 aromatic heterocycles. The van der Waals surface area contributed by atoms with Crippen LogP contribution in [0.4, 0.5) is 0 Å². The lowest BCUT2D eigenvalue weighted by Crippen LogP contribution is -2.34. The molecule has 30 heavy (non-hydrogen) atoms. The molecule has 0 saturated heterocycles. The molecule has 154 valence electrons. The van der Waals surface area contributed by atoms with Crippen LogP contribution in [-0.2, 0) is 16.1 Å². The molecule has 0 aliphatic rings. The van der Waals surface area contributed by atoms with Gasteiger partial charge in [0.25, 0.3) is 5.56 Å². The zero-order valence-electron chi connectivity index (χ0n) is 16.7. The van der Waals surface area contributed by atoms with E-state index in [0.29, 0.717) is 20.5 Å². The largest absolute Gasteiger partial charge is 0.497 e. The van der Waals surface area contributed by atoms with Gasteiger partial charge in [-0.1, -0.05) is 42.5 Å².